The van der Waals surface area contributed by atoms with Crippen LogP contribution in [-0.4, -0.2) is 43.1 Å². The lowest BCUT2D eigenvalue weighted by atomic mass is 9.98. The number of hydrogen-bond donors (Lipinski definition) is 0. The van der Waals surface area contributed by atoms with Crippen molar-refractivity contribution in [2.75, 3.05) is 26.3 Å². The molecule has 1 aromatic rings. The molecule has 1 aliphatic rings. The zero-order chi connectivity index (χ0) is 16.7. The quantitative estimate of drug-likeness (QED) is 0.756. The summed E-state index contributed by atoms with van der Waals surface area (Å²) >= 11 is 0. The molecule has 0 aromatic heterocycles. The second kappa shape index (κ2) is 8.56. The molecular weight excluding hydrogens is 294 g/mol. The monoisotopic (exact) mass is 319 g/mol. The van der Waals surface area contributed by atoms with Crippen LogP contribution in [0, 0.1) is 12.8 Å². The summed E-state index contributed by atoms with van der Waals surface area (Å²) in [6, 6.07) is 7.76. The van der Waals surface area contributed by atoms with Gasteiger partial charge in [-0.2, -0.15) is 0 Å². The minimum atomic E-state index is -0.194. The SMILES string of the molecule is CCOC(=O)[C@H]1CCCN(C(=O)CCOc2ccc(C)cc2)C1. The van der Waals surface area contributed by atoms with Crippen molar-refractivity contribution in [2.24, 2.45) is 5.92 Å². The number of carbonyl (C=O) groups is 2. The predicted octanol–water partition coefficient (Wildman–Crippen LogP) is 2.57. The average molecular weight is 319 g/mol. The number of carbonyl (C=O) groups excluding carboxylic acids is 2. The summed E-state index contributed by atoms with van der Waals surface area (Å²) in [4.78, 5) is 25.8. The molecule has 1 heterocycles. The summed E-state index contributed by atoms with van der Waals surface area (Å²) in [5, 5.41) is 0. The van der Waals surface area contributed by atoms with E-state index in [9.17, 15) is 9.59 Å². The van der Waals surface area contributed by atoms with Crippen LogP contribution >= 0.6 is 0 Å². The molecule has 1 amide bonds. The Morgan fingerprint density at radius 3 is 2.70 bits per heavy atom. The Kier molecular flexibility index (Phi) is 6.44. The highest BCUT2D eigenvalue weighted by atomic mass is 16.5. The van der Waals surface area contributed by atoms with Crippen LogP contribution in [0.3, 0.4) is 0 Å². The minimum Gasteiger partial charge on any atom is -0.493 e. The largest absolute Gasteiger partial charge is 0.493 e. The highest BCUT2D eigenvalue weighted by Gasteiger charge is 2.29. The molecule has 5 nitrogen and oxygen atoms in total. The van der Waals surface area contributed by atoms with Crippen LogP contribution in [0.5, 0.6) is 5.75 Å². The highest BCUT2D eigenvalue weighted by Crippen LogP contribution is 2.19. The Balaban J connectivity index is 1.76. The van der Waals surface area contributed by atoms with E-state index in [2.05, 4.69) is 0 Å². The lowest BCUT2D eigenvalue weighted by Crippen LogP contribution is -2.43. The van der Waals surface area contributed by atoms with Crippen LogP contribution in [-0.2, 0) is 14.3 Å². The fraction of sp³-hybridized carbons (Fsp3) is 0.556. The van der Waals surface area contributed by atoms with Crippen LogP contribution in [0.2, 0.25) is 0 Å². The van der Waals surface area contributed by atoms with Crippen molar-refractivity contribution in [2.45, 2.75) is 33.1 Å². The zero-order valence-corrected chi connectivity index (χ0v) is 13.9. The van der Waals surface area contributed by atoms with Gasteiger partial charge in [-0.3, -0.25) is 9.59 Å². The maximum Gasteiger partial charge on any atom is 0.310 e. The molecule has 0 radical (unpaired) electrons. The smallest absolute Gasteiger partial charge is 0.310 e. The van der Waals surface area contributed by atoms with Crippen molar-refractivity contribution in [3.63, 3.8) is 0 Å². The number of aryl methyl sites for hydroxylation is 1. The van der Waals surface area contributed by atoms with E-state index in [1.165, 1.54) is 5.56 Å². The molecule has 23 heavy (non-hydrogen) atoms. The lowest BCUT2D eigenvalue weighted by Gasteiger charge is -2.31. The van der Waals surface area contributed by atoms with Gasteiger partial charge in [-0.05, 0) is 38.8 Å². The van der Waals surface area contributed by atoms with E-state index in [0.717, 1.165) is 18.6 Å². The molecule has 0 bridgehead atoms. The van der Waals surface area contributed by atoms with Gasteiger partial charge in [0.25, 0.3) is 0 Å². The third-order valence-corrected chi connectivity index (χ3v) is 4.00. The number of benzene rings is 1. The third-order valence-electron chi connectivity index (χ3n) is 4.00. The van der Waals surface area contributed by atoms with Crippen molar-refractivity contribution < 1.29 is 19.1 Å². The van der Waals surface area contributed by atoms with Crippen molar-refractivity contribution in [3.8, 4) is 5.75 Å². The van der Waals surface area contributed by atoms with Crippen LogP contribution in [0.1, 0.15) is 31.7 Å². The average Bonchev–Trinajstić information content (AvgIpc) is 2.57. The molecule has 2 rings (SSSR count). The fourth-order valence-electron chi connectivity index (χ4n) is 2.70. The molecule has 0 N–H and O–H groups in total. The van der Waals surface area contributed by atoms with Gasteiger partial charge in [0.1, 0.15) is 5.75 Å². The number of likely N-dealkylation sites (tertiary alicyclic amines) is 1. The number of esters is 1. The number of rotatable bonds is 6. The Labute approximate surface area is 137 Å². The van der Waals surface area contributed by atoms with Gasteiger partial charge in [0.15, 0.2) is 0 Å². The first kappa shape index (κ1) is 17.3. The summed E-state index contributed by atoms with van der Waals surface area (Å²) in [6.45, 7) is 5.72. The van der Waals surface area contributed by atoms with Crippen LogP contribution in [0.15, 0.2) is 24.3 Å². The molecule has 1 atom stereocenters. The van der Waals surface area contributed by atoms with Gasteiger partial charge >= 0.3 is 5.97 Å². The summed E-state index contributed by atoms with van der Waals surface area (Å²) in [5.74, 6) is 0.420. The molecular formula is C18H25NO4. The van der Waals surface area contributed by atoms with E-state index in [-0.39, 0.29) is 17.8 Å². The number of amides is 1. The van der Waals surface area contributed by atoms with E-state index >= 15 is 0 Å². The van der Waals surface area contributed by atoms with Crippen molar-refractivity contribution in [3.05, 3.63) is 29.8 Å². The van der Waals surface area contributed by atoms with Crippen LogP contribution in [0.4, 0.5) is 0 Å². The maximum atomic E-state index is 12.3. The molecule has 5 heteroatoms. The first-order chi connectivity index (χ1) is 11.1. The van der Waals surface area contributed by atoms with Crippen molar-refractivity contribution >= 4 is 11.9 Å². The second-order valence-electron chi connectivity index (χ2n) is 5.84. The maximum absolute atomic E-state index is 12.3. The van der Waals surface area contributed by atoms with Gasteiger partial charge in [-0.25, -0.2) is 0 Å². The standard InChI is InChI=1S/C18H25NO4/c1-3-22-18(21)15-5-4-11-19(13-15)17(20)10-12-23-16-8-6-14(2)7-9-16/h6-9,15H,3-5,10-13H2,1-2H3/t15-/m0/s1. The van der Waals surface area contributed by atoms with Crippen molar-refractivity contribution in [1.29, 1.82) is 0 Å². The molecule has 126 valence electrons. The van der Waals surface area contributed by atoms with E-state index < -0.39 is 0 Å². The summed E-state index contributed by atoms with van der Waals surface area (Å²) in [5.41, 5.74) is 1.17. The van der Waals surface area contributed by atoms with E-state index in [1.54, 1.807) is 11.8 Å². The molecule has 1 aliphatic heterocycles. The predicted molar refractivity (Wildman–Crippen MR) is 87.2 cm³/mol. The molecule has 1 saturated heterocycles. The van der Waals surface area contributed by atoms with E-state index in [1.807, 2.05) is 31.2 Å². The van der Waals surface area contributed by atoms with Crippen LogP contribution in [0.25, 0.3) is 0 Å². The second-order valence-corrected chi connectivity index (χ2v) is 5.84. The molecule has 0 aliphatic carbocycles. The Hall–Kier alpha value is -2.04. The van der Waals surface area contributed by atoms with E-state index in [0.29, 0.717) is 32.7 Å². The summed E-state index contributed by atoms with van der Waals surface area (Å²) in [7, 11) is 0. The van der Waals surface area contributed by atoms with Gasteiger partial charge < -0.3 is 14.4 Å². The molecule has 0 unspecified atom stereocenters. The molecule has 0 spiro atoms. The van der Waals surface area contributed by atoms with Crippen LogP contribution < -0.4 is 4.74 Å². The first-order valence-corrected chi connectivity index (χ1v) is 8.24. The number of nitrogens with zero attached hydrogens (tertiary/aromatic N) is 1. The highest BCUT2D eigenvalue weighted by molar-refractivity contribution is 5.78. The van der Waals surface area contributed by atoms with Gasteiger partial charge in [-0.1, -0.05) is 17.7 Å². The number of hydrogen-bond acceptors (Lipinski definition) is 4. The normalized spacial score (nSPS) is 17.7. The summed E-state index contributed by atoms with van der Waals surface area (Å²) < 4.78 is 10.7. The van der Waals surface area contributed by atoms with Gasteiger partial charge in [0.2, 0.25) is 5.91 Å². The Morgan fingerprint density at radius 2 is 2.00 bits per heavy atom. The van der Waals surface area contributed by atoms with Gasteiger partial charge in [-0.15, -0.1) is 0 Å². The number of ether oxygens (including phenoxy) is 2. The lowest BCUT2D eigenvalue weighted by molar-refractivity contribution is -0.151. The third kappa shape index (κ3) is 5.27. The summed E-state index contributed by atoms with van der Waals surface area (Å²) in [6.07, 6.45) is 1.96. The number of piperidine rings is 1. The molecule has 1 aromatic carbocycles. The Bertz CT molecular complexity index is 526. The fourth-order valence-corrected chi connectivity index (χ4v) is 2.70. The minimum absolute atomic E-state index is 0.0334. The van der Waals surface area contributed by atoms with Gasteiger partial charge in [0.05, 0.1) is 25.6 Å². The Morgan fingerprint density at radius 1 is 1.26 bits per heavy atom. The van der Waals surface area contributed by atoms with Crippen molar-refractivity contribution in [1.82, 2.24) is 4.90 Å². The van der Waals surface area contributed by atoms with Gasteiger partial charge in [0, 0.05) is 13.1 Å². The first-order valence-electron chi connectivity index (χ1n) is 8.24. The zero-order valence-electron chi connectivity index (χ0n) is 13.9. The molecule has 0 saturated carbocycles. The molecule has 1 fully saturated rings. The van der Waals surface area contributed by atoms with E-state index in [4.69, 9.17) is 9.47 Å². The topological polar surface area (TPSA) is 55.8 Å².